The molecule has 2 fully saturated rings. The lowest BCUT2D eigenvalue weighted by Crippen LogP contribution is -2.64. The topological polar surface area (TPSA) is 56.6 Å². The Bertz CT molecular complexity index is 977. The fraction of sp³-hybridized carbons (Fsp3) is 0.458. The molecule has 3 aliphatic rings. The lowest BCUT2D eigenvalue weighted by atomic mass is 9.57. The van der Waals surface area contributed by atoms with Crippen molar-refractivity contribution in [3.8, 4) is 5.75 Å². The van der Waals surface area contributed by atoms with Crippen molar-refractivity contribution in [1.82, 2.24) is 9.88 Å². The summed E-state index contributed by atoms with van der Waals surface area (Å²) in [5.41, 5.74) is 2.85. The van der Waals surface area contributed by atoms with E-state index in [-0.39, 0.29) is 0 Å². The van der Waals surface area contributed by atoms with E-state index in [4.69, 9.17) is 4.74 Å². The third kappa shape index (κ3) is 3.67. The molecule has 1 aromatic heterocycles. The van der Waals surface area contributed by atoms with Crippen LogP contribution in [-0.2, 0) is 6.54 Å². The van der Waals surface area contributed by atoms with Crippen LogP contribution in [0.2, 0.25) is 0 Å². The normalized spacial score (nSPS) is 21.2. The first-order valence-electron chi connectivity index (χ1n) is 10.9. The molecule has 162 valence electrons. The van der Waals surface area contributed by atoms with Crippen LogP contribution in [0.3, 0.4) is 0 Å². The molecule has 7 heteroatoms. The molecule has 7 nitrogen and oxygen atoms in total. The molecule has 2 aromatic rings. The number of rotatable bonds is 4. The van der Waals surface area contributed by atoms with Crippen LogP contribution < -0.4 is 14.5 Å². The van der Waals surface area contributed by atoms with Crippen molar-refractivity contribution in [3.63, 3.8) is 0 Å². The Morgan fingerprint density at radius 2 is 2.03 bits per heavy atom. The third-order valence-corrected chi connectivity index (χ3v) is 6.92. The van der Waals surface area contributed by atoms with E-state index < -0.39 is 0 Å². The van der Waals surface area contributed by atoms with Gasteiger partial charge in [-0.15, -0.1) is 5.10 Å². The van der Waals surface area contributed by atoms with E-state index in [1.165, 1.54) is 11.3 Å². The average molecular weight is 419 g/mol. The summed E-state index contributed by atoms with van der Waals surface area (Å²) in [6.07, 6.45) is 4.15. The van der Waals surface area contributed by atoms with Gasteiger partial charge in [0.25, 0.3) is 0 Å². The number of amidine groups is 1. The lowest BCUT2D eigenvalue weighted by molar-refractivity contribution is 0.0559. The number of hydrogen-bond acceptors (Lipinski definition) is 6. The Balaban J connectivity index is 1.34. The highest BCUT2D eigenvalue weighted by molar-refractivity contribution is 6.01. The smallest absolute Gasteiger partial charge is 0.135 e. The minimum absolute atomic E-state index is 0.384. The first-order chi connectivity index (χ1) is 15.1. The van der Waals surface area contributed by atoms with Gasteiger partial charge < -0.3 is 19.4 Å². The van der Waals surface area contributed by atoms with Gasteiger partial charge in [-0.05, 0) is 55.8 Å². The zero-order valence-electron chi connectivity index (χ0n) is 18.4. The van der Waals surface area contributed by atoms with Gasteiger partial charge in [0.2, 0.25) is 0 Å². The number of benzene rings is 1. The van der Waals surface area contributed by atoms with Gasteiger partial charge in [-0.3, -0.25) is 0 Å². The van der Waals surface area contributed by atoms with Crippen molar-refractivity contribution >= 4 is 24.1 Å². The second-order valence-electron chi connectivity index (χ2n) is 9.13. The van der Waals surface area contributed by atoms with Crippen LogP contribution in [0.15, 0.2) is 52.8 Å². The number of nitrogens with zero attached hydrogens (tertiary/aromatic N) is 6. The molecule has 5 rings (SSSR count). The zero-order chi connectivity index (χ0) is 21.4. The van der Waals surface area contributed by atoms with Crippen LogP contribution in [0.1, 0.15) is 18.4 Å². The Hall–Kier alpha value is -2.93. The van der Waals surface area contributed by atoms with Crippen molar-refractivity contribution in [2.24, 2.45) is 21.5 Å². The summed E-state index contributed by atoms with van der Waals surface area (Å²) in [6, 6.07) is 12.5. The molecule has 0 radical (unpaired) electrons. The van der Waals surface area contributed by atoms with Gasteiger partial charge in [-0.25, -0.2) is 4.98 Å². The van der Waals surface area contributed by atoms with Gasteiger partial charge >= 0.3 is 0 Å². The van der Waals surface area contributed by atoms with E-state index in [2.05, 4.69) is 67.9 Å². The molecule has 0 bridgehead atoms. The Kier molecular flexibility index (Phi) is 5.14. The number of aromatic nitrogens is 1. The number of methoxy groups -OCH3 is 1. The van der Waals surface area contributed by atoms with Gasteiger partial charge in [0.1, 0.15) is 17.4 Å². The average Bonchev–Trinajstić information content (AvgIpc) is 2.89. The molecule has 0 N–H and O–H groups in total. The highest BCUT2D eigenvalue weighted by Crippen LogP contribution is 2.53. The molecular formula is C24H30N6O. The molecule has 2 aliphatic heterocycles. The van der Waals surface area contributed by atoms with Gasteiger partial charge in [0.15, 0.2) is 0 Å². The largest absolute Gasteiger partial charge is 0.497 e. The number of anilines is 2. The number of ether oxygens (including phenoxy) is 1. The summed E-state index contributed by atoms with van der Waals surface area (Å²) < 4.78 is 5.47. The number of pyridine rings is 1. The van der Waals surface area contributed by atoms with E-state index in [1.54, 1.807) is 7.11 Å². The lowest BCUT2D eigenvalue weighted by Gasteiger charge is -2.60. The van der Waals surface area contributed by atoms with Gasteiger partial charge in [0, 0.05) is 62.7 Å². The summed E-state index contributed by atoms with van der Waals surface area (Å²) >= 11 is 0. The SMILES string of the molecule is C=N/N=C(/C1CC2(C1)CN(c1ccccn1)C2)N1CCN(C)Cc2cc(OC)ccc21. The highest BCUT2D eigenvalue weighted by Gasteiger charge is 2.54. The highest BCUT2D eigenvalue weighted by atomic mass is 16.5. The van der Waals surface area contributed by atoms with E-state index in [1.807, 2.05) is 18.3 Å². The quantitative estimate of drug-likeness (QED) is 0.433. The molecule has 1 aliphatic carbocycles. The summed E-state index contributed by atoms with van der Waals surface area (Å²) in [5.74, 6) is 3.44. The number of hydrogen-bond donors (Lipinski definition) is 0. The molecule has 1 saturated heterocycles. The van der Waals surface area contributed by atoms with Crippen LogP contribution in [0.25, 0.3) is 0 Å². The van der Waals surface area contributed by atoms with Crippen molar-refractivity contribution in [1.29, 1.82) is 0 Å². The van der Waals surface area contributed by atoms with Crippen molar-refractivity contribution in [2.45, 2.75) is 19.4 Å². The Morgan fingerprint density at radius 3 is 2.74 bits per heavy atom. The molecule has 1 aromatic carbocycles. The van der Waals surface area contributed by atoms with Gasteiger partial charge in [0.05, 0.1) is 7.11 Å². The van der Waals surface area contributed by atoms with Crippen molar-refractivity contribution in [2.75, 3.05) is 50.1 Å². The minimum atomic E-state index is 0.384. The number of fused-ring (bicyclic) bond motifs is 1. The Labute approximate surface area is 184 Å². The summed E-state index contributed by atoms with van der Waals surface area (Å²) in [6.45, 7) is 8.58. The van der Waals surface area contributed by atoms with Crippen molar-refractivity contribution in [3.05, 3.63) is 48.2 Å². The third-order valence-electron chi connectivity index (χ3n) is 6.92. The summed E-state index contributed by atoms with van der Waals surface area (Å²) in [5, 5.41) is 8.52. The van der Waals surface area contributed by atoms with Crippen LogP contribution in [0.5, 0.6) is 5.75 Å². The summed E-state index contributed by atoms with van der Waals surface area (Å²) in [4.78, 5) is 11.6. The molecule has 0 atom stereocenters. The van der Waals surface area contributed by atoms with Crippen molar-refractivity contribution < 1.29 is 4.74 Å². The fourth-order valence-corrected chi connectivity index (χ4v) is 5.40. The van der Waals surface area contributed by atoms with Crippen LogP contribution in [0, 0.1) is 11.3 Å². The molecular weight excluding hydrogens is 388 g/mol. The zero-order valence-corrected chi connectivity index (χ0v) is 18.4. The van der Waals surface area contributed by atoms with Crippen LogP contribution in [-0.4, -0.2) is 62.8 Å². The maximum Gasteiger partial charge on any atom is 0.135 e. The first-order valence-corrected chi connectivity index (χ1v) is 10.9. The van der Waals surface area contributed by atoms with Crippen LogP contribution in [0.4, 0.5) is 11.5 Å². The predicted octanol–water partition coefficient (Wildman–Crippen LogP) is 3.27. The van der Waals surface area contributed by atoms with E-state index >= 15 is 0 Å². The van der Waals surface area contributed by atoms with E-state index in [0.29, 0.717) is 11.3 Å². The molecule has 0 unspecified atom stereocenters. The molecule has 1 saturated carbocycles. The van der Waals surface area contributed by atoms with E-state index in [0.717, 1.165) is 63.0 Å². The molecule has 31 heavy (non-hydrogen) atoms. The fourth-order valence-electron chi connectivity index (χ4n) is 5.40. The van der Waals surface area contributed by atoms with Crippen LogP contribution >= 0.6 is 0 Å². The standard InChI is InChI=1S/C24H30N6O/c1-25-27-23(19-13-24(14-19)16-29(17-24)22-6-4-5-9-26-22)30-11-10-28(2)15-18-12-20(31-3)7-8-21(18)30/h4-9,12,19H,1,10-11,13-17H2,2-3H3/b27-23-. The molecule has 1 spiro atoms. The number of likely N-dealkylation sites (N-methyl/N-ethyl adjacent to an activating group) is 1. The first kappa shape index (κ1) is 20.0. The van der Waals surface area contributed by atoms with Gasteiger partial charge in [-0.2, -0.15) is 5.10 Å². The molecule has 0 amide bonds. The predicted molar refractivity (Wildman–Crippen MR) is 125 cm³/mol. The maximum atomic E-state index is 5.47. The monoisotopic (exact) mass is 418 g/mol. The second-order valence-corrected chi connectivity index (χ2v) is 9.13. The Morgan fingerprint density at radius 1 is 1.19 bits per heavy atom. The minimum Gasteiger partial charge on any atom is -0.497 e. The molecule has 3 heterocycles. The summed E-state index contributed by atoms with van der Waals surface area (Å²) in [7, 11) is 3.88. The van der Waals surface area contributed by atoms with Gasteiger partial charge in [-0.1, -0.05) is 6.07 Å². The second kappa shape index (κ2) is 7.96. The van der Waals surface area contributed by atoms with E-state index in [9.17, 15) is 0 Å². The maximum absolute atomic E-state index is 5.47.